The molecule has 0 saturated heterocycles. The normalized spacial score (nSPS) is 10.3. The maximum Gasteiger partial charge on any atom is 0.206 e. The van der Waals surface area contributed by atoms with E-state index in [1.807, 2.05) is 0 Å². The Morgan fingerprint density at radius 2 is 2.22 bits per heavy atom. The number of benzene rings is 1. The molecule has 0 aliphatic carbocycles. The predicted molar refractivity (Wildman–Crippen MR) is 75.5 cm³/mol. The van der Waals surface area contributed by atoms with Crippen molar-refractivity contribution in [3.05, 3.63) is 52.8 Å². The number of rotatable bonds is 5. The molecule has 0 aliphatic rings. The lowest BCUT2D eigenvalue weighted by molar-refractivity contribution is 0.104. The molecule has 1 N–H and O–H groups in total. The summed E-state index contributed by atoms with van der Waals surface area (Å²) >= 11 is 7.33. The Kier molecular flexibility index (Phi) is 4.33. The molecule has 0 amide bonds. The van der Waals surface area contributed by atoms with E-state index in [2.05, 4.69) is 17.2 Å². The summed E-state index contributed by atoms with van der Waals surface area (Å²) in [5, 5.41) is 4.29. The van der Waals surface area contributed by atoms with Gasteiger partial charge in [-0.15, -0.1) is 0 Å². The molecule has 1 heterocycles. The number of hydrogen-bond donors (Lipinski definition) is 1. The van der Waals surface area contributed by atoms with Gasteiger partial charge in [-0.05, 0) is 18.6 Å². The summed E-state index contributed by atoms with van der Waals surface area (Å²) in [4.78, 5) is 16.9. The van der Waals surface area contributed by atoms with Crippen molar-refractivity contribution in [3.8, 4) is 0 Å². The smallest absolute Gasteiger partial charge is 0.206 e. The van der Waals surface area contributed by atoms with Crippen LogP contribution in [0.1, 0.15) is 21.7 Å². The lowest BCUT2D eigenvalue weighted by Gasteiger charge is -2.00. The molecule has 0 fully saturated rings. The van der Waals surface area contributed by atoms with Gasteiger partial charge in [0, 0.05) is 12.1 Å². The number of anilines is 1. The van der Waals surface area contributed by atoms with E-state index in [0.717, 1.165) is 18.1 Å². The first-order chi connectivity index (χ1) is 8.72. The molecule has 1 aromatic heterocycles. The summed E-state index contributed by atoms with van der Waals surface area (Å²) in [6.07, 6.45) is 2.34. The molecule has 0 bridgehead atoms. The Labute approximate surface area is 115 Å². The Hall–Kier alpha value is -1.39. The van der Waals surface area contributed by atoms with Gasteiger partial charge in [-0.3, -0.25) is 4.79 Å². The fourth-order valence-electron chi connectivity index (χ4n) is 1.43. The number of nitrogens with one attached hydrogen (secondary N) is 1. The van der Waals surface area contributed by atoms with E-state index >= 15 is 0 Å². The highest BCUT2D eigenvalue weighted by atomic mass is 35.5. The van der Waals surface area contributed by atoms with Crippen LogP contribution in [0.4, 0.5) is 5.13 Å². The maximum absolute atomic E-state index is 12.2. The highest BCUT2D eigenvalue weighted by molar-refractivity contribution is 7.17. The topological polar surface area (TPSA) is 42.0 Å². The Bertz CT molecular complexity index is 553. The van der Waals surface area contributed by atoms with Gasteiger partial charge in [0.15, 0.2) is 5.13 Å². The van der Waals surface area contributed by atoms with Crippen LogP contribution in [0.3, 0.4) is 0 Å². The van der Waals surface area contributed by atoms with E-state index in [1.54, 1.807) is 30.5 Å². The second kappa shape index (κ2) is 5.98. The third-order valence-corrected chi connectivity index (χ3v) is 3.58. The van der Waals surface area contributed by atoms with Crippen molar-refractivity contribution in [3.63, 3.8) is 0 Å². The van der Waals surface area contributed by atoms with Gasteiger partial charge in [-0.1, -0.05) is 42.0 Å². The summed E-state index contributed by atoms with van der Waals surface area (Å²) in [5.74, 6) is -0.0965. The molecule has 1 radical (unpaired) electrons. The molecule has 0 unspecified atom stereocenters. The summed E-state index contributed by atoms with van der Waals surface area (Å²) < 4.78 is 0. The van der Waals surface area contributed by atoms with E-state index in [0.29, 0.717) is 15.5 Å². The first-order valence-corrected chi connectivity index (χ1v) is 6.70. The fourth-order valence-corrected chi connectivity index (χ4v) is 2.45. The zero-order valence-electron chi connectivity index (χ0n) is 9.65. The molecule has 1 aromatic carbocycles. The number of carbonyl (C=O) groups excluding carboxylic acids is 1. The predicted octanol–water partition coefficient (Wildman–Crippen LogP) is 3.66. The number of thiazole rings is 1. The SMILES string of the molecule is [CH2]CCNc1ncc(C(=O)c2ccccc2Cl)s1. The van der Waals surface area contributed by atoms with E-state index in [-0.39, 0.29) is 5.78 Å². The molecule has 2 aromatic rings. The zero-order chi connectivity index (χ0) is 13.0. The molecule has 0 spiro atoms. The average molecular weight is 280 g/mol. The number of carbonyl (C=O) groups is 1. The van der Waals surface area contributed by atoms with Crippen LogP contribution < -0.4 is 5.32 Å². The van der Waals surface area contributed by atoms with Gasteiger partial charge in [-0.25, -0.2) is 4.98 Å². The van der Waals surface area contributed by atoms with Crippen LogP contribution in [-0.2, 0) is 0 Å². The third-order valence-electron chi connectivity index (χ3n) is 2.30. The molecule has 5 heteroatoms. The van der Waals surface area contributed by atoms with Gasteiger partial charge in [0.25, 0.3) is 0 Å². The van der Waals surface area contributed by atoms with Crippen LogP contribution in [0, 0.1) is 6.92 Å². The quantitative estimate of drug-likeness (QED) is 0.849. The first kappa shape index (κ1) is 13.1. The molecule has 0 atom stereocenters. The molecule has 0 aliphatic heterocycles. The van der Waals surface area contributed by atoms with Gasteiger partial charge in [0.1, 0.15) is 0 Å². The average Bonchev–Trinajstić information content (AvgIpc) is 2.85. The summed E-state index contributed by atoms with van der Waals surface area (Å²) in [6.45, 7) is 4.48. The van der Waals surface area contributed by atoms with E-state index in [9.17, 15) is 4.79 Å². The number of aromatic nitrogens is 1. The van der Waals surface area contributed by atoms with Crippen molar-refractivity contribution in [2.75, 3.05) is 11.9 Å². The van der Waals surface area contributed by atoms with Crippen molar-refractivity contribution in [2.45, 2.75) is 6.42 Å². The number of nitrogens with zero attached hydrogens (tertiary/aromatic N) is 1. The fraction of sp³-hybridized carbons (Fsp3) is 0.154. The van der Waals surface area contributed by atoms with Crippen LogP contribution >= 0.6 is 22.9 Å². The largest absolute Gasteiger partial charge is 0.362 e. The molecule has 3 nitrogen and oxygen atoms in total. The monoisotopic (exact) mass is 279 g/mol. The van der Waals surface area contributed by atoms with Crippen LogP contribution in [0.2, 0.25) is 5.02 Å². The number of halogens is 1. The number of ketones is 1. The molecular formula is C13H12ClN2OS. The van der Waals surface area contributed by atoms with Crippen molar-refractivity contribution in [1.82, 2.24) is 4.98 Å². The third kappa shape index (κ3) is 2.89. The highest BCUT2D eigenvalue weighted by Crippen LogP contribution is 2.24. The lowest BCUT2D eigenvalue weighted by atomic mass is 10.1. The Balaban J connectivity index is 2.19. The zero-order valence-corrected chi connectivity index (χ0v) is 11.2. The van der Waals surface area contributed by atoms with Gasteiger partial charge < -0.3 is 5.32 Å². The maximum atomic E-state index is 12.2. The van der Waals surface area contributed by atoms with Crippen LogP contribution in [0.15, 0.2) is 30.5 Å². The lowest BCUT2D eigenvalue weighted by Crippen LogP contribution is -1.99. The summed E-state index contributed by atoms with van der Waals surface area (Å²) in [5.41, 5.74) is 0.506. The highest BCUT2D eigenvalue weighted by Gasteiger charge is 2.15. The van der Waals surface area contributed by atoms with Gasteiger partial charge >= 0.3 is 0 Å². The molecule has 18 heavy (non-hydrogen) atoms. The molecule has 2 rings (SSSR count). The van der Waals surface area contributed by atoms with E-state index in [1.165, 1.54) is 11.3 Å². The van der Waals surface area contributed by atoms with Crippen LogP contribution in [0.25, 0.3) is 0 Å². The molecule has 0 saturated carbocycles. The van der Waals surface area contributed by atoms with Gasteiger partial charge in [-0.2, -0.15) is 0 Å². The van der Waals surface area contributed by atoms with Crippen LogP contribution in [0.5, 0.6) is 0 Å². The van der Waals surface area contributed by atoms with Crippen molar-refractivity contribution in [2.24, 2.45) is 0 Å². The first-order valence-electron chi connectivity index (χ1n) is 5.50. The van der Waals surface area contributed by atoms with Crippen molar-refractivity contribution >= 4 is 33.9 Å². The van der Waals surface area contributed by atoms with E-state index in [4.69, 9.17) is 11.6 Å². The molecular weight excluding hydrogens is 268 g/mol. The summed E-state index contributed by atoms with van der Waals surface area (Å²) in [6, 6.07) is 7.01. The molecule has 93 valence electrons. The van der Waals surface area contributed by atoms with Gasteiger partial charge in [0.2, 0.25) is 5.78 Å². The van der Waals surface area contributed by atoms with E-state index < -0.39 is 0 Å². The van der Waals surface area contributed by atoms with Crippen molar-refractivity contribution in [1.29, 1.82) is 0 Å². The minimum Gasteiger partial charge on any atom is -0.362 e. The second-order valence-electron chi connectivity index (χ2n) is 3.62. The number of hydrogen-bond acceptors (Lipinski definition) is 4. The minimum atomic E-state index is -0.0965. The van der Waals surface area contributed by atoms with Gasteiger partial charge in [0.05, 0.1) is 16.1 Å². The summed E-state index contributed by atoms with van der Waals surface area (Å²) in [7, 11) is 0. The standard InChI is InChI=1S/C13H12ClN2OS/c1-2-7-15-13-16-8-11(18-13)12(17)9-5-3-4-6-10(9)14/h3-6,8H,1-2,7H2,(H,15,16). The Morgan fingerprint density at radius 3 is 2.94 bits per heavy atom. The van der Waals surface area contributed by atoms with Crippen molar-refractivity contribution < 1.29 is 4.79 Å². The second-order valence-corrected chi connectivity index (χ2v) is 5.06. The Morgan fingerprint density at radius 1 is 1.44 bits per heavy atom. The minimum absolute atomic E-state index is 0.0965. The van der Waals surface area contributed by atoms with Crippen LogP contribution in [-0.4, -0.2) is 17.3 Å².